The Hall–Kier alpha value is -2.92. The molecule has 4 rings (SSSR count). The topological polar surface area (TPSA) is 78.0 Å². The van der Waals surface area contributed by atoms with Crippen LogP contribution in [0.15, 0.2) is 42.5 Å². The zero-order valence-electron chi connectivity index (χ0n) is 13.3. The number of hydrogen-bond acceptors (Lipinski definition) is 3. The van der Waals surface area contributed by atoms with E-state index in [4.69, 9.17) is 0 Å². The molecule has 24 heavy (non-hydrogen) atoms. The number of carbonyl (C=O) groups excluding carboxylic acids is 1. The zero-order valence-corrected chi connectivity index (χ0v) is 13.3. The number of rotatable bonds is 3. The van der Waals surface area contributed by atoms with Gasteiger partial charge in [0.2, 0.25) is 5.91 Å². The van der Waals surface area contributed by atoms with E-state index in [2.05, 4.69) is 21.6 Å². The molecule has 1 amide bonds. The Labute approximate surface area is 139 Å². The summed E-state index contributed by atoms with van der Waals surface area (Å²) in [7, 11) is 0. The third-order valence-corrected chi connectivity index (χ3v) is 4.32. The molecule has 0 radical (unpaired) electrons. The zero-order chi connectivity index (χ0) is 16.7. The lowest BCUT2D eigenvalue weighted by atomic mass is 10.0. The monoisotopic (exact) mass is 319 g/mol. The summed E-state index contributed by atoms with van der Waals surface area (Å²) in [5, 5.41) is 19.8. The molecule has 0 saturated carbocycles. The lowest BCUT2D eigenvalue weighted by molar-refractivity contribution is -0.114. The van der Waals surface area contributed by atoms with Gasteiger partial charge in [0.1, 0.15) is 0 Å². The number of carbonyl (C=O) groups is 1. The molecule has 0 fully saturated rings. The van der Waals surface area contributed by atoms with Crippen LogP contribution in [0.25, 0.3) is 22.5 Å². The van der Waals surface area contributed by atoms with E-state index >= 15 is 0 Å². The number of nitrogens with one attached hydrogen (secondary N) is 2. The van der Waals surface area contributed by atoms with E-state index < -0.39 is 0 Å². The highest BCUT2D eigenvalue weighted by Gasteiger charge is 2.25. The fourth-order valence-electron chi connectivity index (χ4n) is 3.25. The van der Waals surface area contributed by atoms with E-state index in [0.29, 0.717) is 0 Å². The fourth-order valence-corrected chi connectivity index (χ4v) is 3.25. The predicted octanol–water partition coefficient (Wildman–Crippen LogP) is 3.10. The molecule has 0 saturated heterocycles. The van der Waals surface area contributed by atoms with Gasteiger partial charge in [0.15, 0.2) is 0 Å². The maximum atomic E-state index is 11.3. The van der Waals surface area contributed by atoms with E-state index in [1.807, 2.05) is 36.4 Å². The minimum atomic E-state index is -0.0941. The highest BCUT2D eigenvalue weighted by molar-refractivity contribution is 5.90. The predicted molar refractivity (Wildman–Crippen MR) is 92.5 cm³/mol. The Kier molecular flexibility index (Phi) is 3.43. The first kappa shape index (κ1) is 14.7. The number of aliphatic hydroxyl groups is 1. The SMILES string of the molecule is CC(=O)Nc1cccc(-c2n[nH]c3c2Cc2ccc(CO)cc2-3)c1. The van der Waals surface area contributed by atoms with Crippen molar-refractivity contribution in [3.05, 3.63) is 59.2 Å². The van der Waals surface area contributed by atoms with Crippen molar-refractivity contribution < 1.29 is 9.90 Å². The summed E-state index contributed by atoms with van der Waals surface area (Å²) in [4.78, 5) is 11.3. The average Bonchev–Trinajstić information content (AvgIpc) is 3.13. The molecule has 1 heterocycles. The summed E-state index contributed by atoms with van der Waals surface area (Å²) in [5.74, 6) is -0.0941. The summed E-state index contributed by atoms with van der Waals surface area (Å²) in [5.41, 5.74) is 8.02. The normalized spacial score (nSPS) is 11.9. The molecule has 1 aliphatic rings. The Bertz CT molecular complexity index is 944. The van der Waals surface area contributed by atoms with E-state index in [1.165, 1.54) is 12.5 Å². The standard InChI is InChI=1S/C19H17N3O2/c1-11(24)20-15-4-2-3-14(8-15)18-17-9-13-6-5-12(10-23)7-16(13)19(17)22-21-18/h2-8,23H,9-10H2,1H3,(H,20,24)(H,21,22). The number of H-pyrrole nitrogens is 1. The van der Waals surface area contributed by atoms with Crippen molar-refractivity contribution in [2.24, 2.45) is 0 Å². The summed E-state index contributed by atoms with van der Waals surface area (Å²) >= 11 is 0. The van der Waals surface area contributed by atoms with Crippen molar-refractivity contribution in [1.82, 2.24) is 10.2 Å². The lowest BCUT2D eigenvalue weighted by Crippen LogP contribution is -2.05. The van der Waals surface area contributed by atoms with Crippen molar-refractivity contribution in [3.63, 3.8) is 0 Å². The van der Waals surface area contributed by atoms with Gasteiger partial charge in [-0.15, -0.1) is 0 Å². The summed E-state index contributed by atoms with van der Waals surface area (Å²) in [6, 6.07) is 13.7. The van der Waals surface area contributed by atoms with Crippen molar-refractivity contribution in [2.45, 2.75) is 20.0 Å². The number of benzene rings is 2. The lowest BCUT2D eigenvalue weighted by Gasteiger charge is -2.05. The van der Waals surface area contributed by atoms with E-state index in [-0.39, 0.29) is 12.5 Å². The largest absolute Gasteiger partial charge is 0.392 e. The van der Waals surface area contributed by atoms with Crippen LogP contribution in [0, 0.1) is 0 Å². The van der Waals surface area contributed by atoms with Gasteiger partial charge in [-0.3, -0.25) is 9.89 Å². The second-order valence-electron chi connectivity index (χ2n) is 6.01. The van der Waals surface area contributed by atoms with Crippen molar-refractivity contribution in [1.29, 1.82) is 0 Å². The molecule has 0 aliphatic heterocycles. The Balaban J connectivity index is 1.76. The van der Waals surface area contributed by atoms with Gasteiger partial charge >= 0.3 is 0 Å². The van der Waals surface area contributed by atoms with Crippen LogP contribution in [-0.4, -0.2) is 21.2 Å². The molecular weight excluding hydrogens is 302 g/mol. The molecule has 2 aromatic carbocycles. The van der Waals surface area contributed by atoms with Crippen LogP contribution in [0.5, 0.6) is 0 Å². The smallest absolute Gasteiger partial charge is 0.221 e. The number of aromatic amines is 1. The van der Waals surface area contributed by atoms with Crippen molar-refractivity contribution in [3.8, 4) is 22.5 Å². The minimum Gasteiger partial charge on any atom is -0.392 e. The molecule has 0 spiro atoms. The van der Waals surface area contributed by atoms with Crippen LogP contribution in [0.1, 0.15) is 23.6 Å². The molecule has 5 heteroatoms. The molecular formula is C19H17N3O2. The summed E-state index contributed by atoms with van der Waals surface area (Å²) in [6.07, 6.45) is 0.812. The molecule has 120 valence electrons. The van der Waals surface area contributed by atoms with Crippen LogP contribution in [0.2, 0.25) is 0 Å². The molecule has 0 bridgehead atoms. The fraction of sp³-hybridized carbons (Fsp3) is 0.158. The number of fused-ring (bicyclic) bond motifs is 3. The van der Waals surface area contributed by atoms with Gasteiger partial charge in [0.05, 0.1) is 18.0 Å². The average molecular weight is 319 g/mol. The van der Waals surface area contributed by atoms with E-state index in [0.717, 1.165) is 45.7 Å². The van der Waals surface area contributed by atoms with Gasteiger partial charge < -0.3 is 10.4 Å². The molecule has 3 aromatic rings. The van der Waals surface area contributed by atoms with E-state index in [9.17, 15) is 9.90 Å². The molecule has 1 aliphatic carbocycles. The Morgan fingerprint density at radius 2 is 2.17 bits per heavy atom. The van der Waals surface area contributed by atoms with Gasteiger partial charge in [-0.2, -0.15) is 5.10 Å². The van der Waals surface area contributed by atoms with Gasteiger partial charge in [-0.1, -0.05) is 24.3 Å². The van der Waals surface area contributed by atoms with Crippen LogP contribution in [0.3, 0.4) is 0 Å². The van der Waals surface area contributed by atoms with Gasteiger partial charge in [-0.05, 0) is 29.3 Å². The summed E-state index contributed by atoms with van der Waals surface area (Å²) in [6.45, 7) is 1.52. The minimum absolute atomic E-state index is 0.0301. The first-order valence-corrected chi connectivity index (χ1v) is 7.84. The number of amides is 1. The highest BCUT2D eigenvalue weighted by atomic mass is 16.3. The molecule has 3 N–H and O–H groups in total. The highest BCUT2D eigenvalue weighted by Crippen LogP contribution is 2.40. The summed E-state index contributed by atoms with van der Waals surface area (Å²) < 4.78 is 0. The second-order valence-corrected chi connectivity index (χ2v) is 6.01. The number of aliphatic hydroxyl groups excluding tert-OH is 1. The first-order chi connectivity index (χ1) is 11.7. The number of nitrogens with zero attached hydrogens (tertiary/aromatic N) is 1. The number of hydrogen-bond donors (Lipinski definition) is 3. The van der Waals surface area contributed by atoms with Crippen LogP contribution in [-0.2, 0) is 17.8 Å². The third-order valence-electron chi connectivity index (χ3n) is 4.32. The van der Waals surface area contributed by atoms with Crippen LogP contribution >= 0.6 is 0 Å². The van der Waals surface area contributed by atoms with Gasteiger partial charge in [-0.25, -0.2) is 0 Å². The Morgan fingerprint density at radius 1 is 1.29 bits per heavy atom. The van der Waals surface area contributed by atoms with Gasteiger partial charge in [0.25, 0.3) is 0 Å². The quantitative estimate of drug-likeness (QED) is 0.543. The third kappa shape index (κ3) is 2.39. The first-order valence-electron chi connectivity index (χ1n) is 7.84. The number of anilines is 1. The Morgan fingerprint density at radius 3 is 2.96 bits per heavy atom. The number of aromatic nitrogens is 2. The molecule has 1 aromatic heterocycles. The van der Waals surface area contributed by atoms with Crippen LogP contribution < -0.4 is 5.32 Å². The molecule has 0 atom stereocenters. The van der Waals surface area contributed by atoms with Crippen molar-refractivity contribution in [2.75, 3.05) is 5.32 Å². The second kappa shape index (κ2) is 5.62. The van der Waals surface area contributed by atoms with Crippen molar-refractivity contribution >= 4 is 11.6 Å². The maximum Gasteiger partial charge on any atom is 0.221 e. The molecule has 0 unspecified atom stereocenters. The van der Waals surface area contributed by atoms with Crippen LogP contribution in [0.4, 0.5) is 5.69 Å². The van der Waals surface area contributed by atoms with Gasteiger partial charge in [0, 0.05) is 35.7 Å². The maximum absolute atomic E-state index is 11.3. The van der Waals surface area contributed by atoms with E-state index in [1.54, 1.807) is 0 Å². The molecule has 5 nitrogen and oxygen atoms in total.